The van der Waals surface area contributed by atoms with Crippen LogP contribution in [0.2, 0.25) is 0 Å². The highest BCUT2D eigenvalue weighted by Crippen LogP contribution is 2.44. The van der Waals surface area contributed by atoms with E-state index in [4.69, 9.17) is 9.52 Å². The molecule has 2 heterocycles. The van der Waals surface area contributed by atoms with E-state index in [0.717, 1.165) is 29.3 Å². The van der Waals surface area contributed by atoms with Crippen molar-refractivity contribution in [2.75, 3.05) is 13.1 Å². The lowest BCUT2D eigenvalue weighted by atomic mass is 10.1. The largest absolute Gasteiger partial charge is 0.475 e. The number of carbonyl (C=O) groups is 2. The van der Waals surface area contributed by atoms with Gasteiger partial charge in [-0.3, -0.25) is 4.79 Å². The standard InChI is InChI=1S/C15H20N2O6S/c1-15(6-7-15)9-16-13(18)10-3-2-8-17(10)24(21,22)12-5-4-11(23-12)14(19)20/h4-5,10H,2-3,6-9H2,1H3,(H,16,18)(H,19,20). The van der Waals surface area contributed by atoms with Crippen LogP contribution in [-0.4, -0.2) is 48.8 Å². The third-order valence-electron chi connectivity index (χ3n) is 4.65. The summed E-state index contributed by atoms with van der Waals surface area (Å²) in [5.74, 6) is -2.10. The number of hydrogen-bond acceptors (Lipinski definition) is 5. The maximum absolute atomic E-state index is 12.7. The second-order valence-electron chi connectivity index (χ2n) is 6.73. The third kappa shape index (κ3) is 3.18. The minimum Gasteiger partial charge on any atom is -0.475 e. The first-order valence-corrected chi connectivity index (χ1v) is 9.30. The molecular formula is C15H20N2O6S. The molecule has 3 rings (SSSR count). The molecule has 24 heavy (non-hydrogen) atoms. The van der Waals surface area contributed by atoms with Crippen LogP contribution in [0, 0.1) is 5.41 Å². The van der Waals surface area contributed by atoms with E-state index in [1.54, 1.807) is 0 Å². The molecule has 0 radical (unpaired) electrons. The fourth-order valence-electron chi connectivity index (χ4n) is 2.79. The number of sulfonamides is 1. The van der Waals surface area contributed by atoms with Gasteiger partial charge in [0.05, 0.1) is 0 Å². The van der Waals surface area contributed by atoms with E-state index in [0.29, 0.717) is 19.4 Å². The SMILES string of the molecule is CC1(CNC(=O)C2CCCN2S(=O)(=O)c2ccc(C(=O)O)o2)CC1. The van der Waals surface area contributed by atoms with Gasteiger partial charge in [-0.15, -0.1) is 0 Å². The number of rotatable bonds is 6. The van der Waals surface area contributed by atoms with Crippen LogP contribution in [0.15, 0.2) is 21.6 Å². The Balaban J connectivity index is 1.75. The predicted octanol–water partition coefficient (Wildman–Crippen LogP) is 1.05. The first-order chi connectivity index (χ1) is 11.2. The number of carboxylic acid groups (broad SMARTS) is 1. The molecule has 2 fully saturated rings. The minimum absolute atomic E-state index is 0.134. The van der Waals surface area contributed by atoms with Gasteiger partial charge in [0, 0.05) is 13.1 Å². The summed E-state index contributed by atoms with van der Waals surface area (Å²) in [5, 5.41) is 11.2. The molecule has 1 amide bonds. The summed E-state index contributed by atoms with van der Waals surface area (Å²) in [5.41, 5.74) is 0.134. The summed E-state index contributed by atoms with van der Waals surface area (Å²) < 4.78 is 31.3. The van der Waals surface area contributed by atoms with Crippen LogP contribution in [0.1, 0.15) is 43.2 Å². The zero-order valence-electron chi connectivity index (χ0n) is 13.3. The van der Waals surface area contributed by atoms with E-state index in [1.807, 2.05) is 0 Å². The van der Waals surface area contributed by atoms with Gasteiger partial charge in [-0.2, -0.15) is 4.31 Å². The second kappa shape index (κ2) is 5.89. The summed E-state index contributed by atoms with van der Waals surface area (Å²) >= 11 is 0. The zero-order chi connectivity index (χ0) is 17.5. The van der Waals surface area contributed by atoms with Gasteiger partial charge in [-0.05, 0) is 43.2 Å². The van der Waals surface area contributed by atoms with Crippen molar-refractivity contribution in [1.82, 2.24) is 9.62 Å². The lowest BCUT2D eigenvalue weighted by Gasteiger charge is -2.23. The van der Waals surface area contributed by atoms with Crippen LogP contribution in [0.4, 0.5) is 0 Å². The maximum Gasteiger partial charge on any atom is 0.371 e. The van der Waals surface area contributed by atoms with Gasteiger partial charge in [-0.1, -0.05) is 6.92 Å². The Morgan fingerprint density at radius 1 is 1.42 bits per heavy atom. The molecule has 1 saturated heterocycles. The number of aromatic carboxylic acids is 1. The number of carboxylic acids is 1. The summed E-state index contributed by atoms with van der Waals surface area (Å²) in [6.45, 7) is 2.83. The highest BCUT2D eigenvalue weighted by atomic mass is 32.2. The van der Waals surface area contributed by atoms with Crippen molar-refractivity contribution in [3.63, 3.8) is 0 Å². The summed E-state index contributed by atoms with van der Waals surface area (Å²) in [6.07, 6.45) is 3.13. The molecule has 1 atom stereocenters. The Morgan fingerprint density at radius 3 is 2.71 bits per heavy atom. The zero-order valence-corrected chi connectivity index (χ0v) is 14.1. The topological polar surface area (TPSA) is 117 Å². The van der Waals surface area contributed by atoms with Gasteiger partial charge < -0.3 is 14.8 Å². The first kappa shape index (κ1) is 17.0. The normalized spacial score (nSPS) is 23.1. The second-order valence-corrected chi connectivity index (χ2v) is 8.55. The summed E-state index contributed by atoms with van der Waals surface area (Å²) in [7, 11) is -4.04. The van der Waals surface area contributed by atoms with Crippen LogP contribution in [-0.2, 0) is 14.8 Å². The van der Waals surface area contributed by atoms with Gasteiger partial charge in [0.25, 0.3) is 10.0 Å². The van der Waals surface area contributed by atoms with Crippen molar-refractivity contribution >= 4 is 21.9 Å². The molecule has 2 N–H and O–H groups in total. The first-order valence-electron chi connectivity index (χ1n) is 7.86. The van der Waals surface area contributed by atoms with Gasteiger partial charge >= 0.3 is 5.97 Å². The Bertz CT molecular complexity index is 765. The van der Waals surface area contributed by atoms with E-state index >= 15 is 0 Å². The van der Waals surface area contributed by atoms with Gasteiger partial charge in [0.2, 0.25) is 16.8 Å². The number of nitrogens with one attached hydrogen (secondary N) is 1. The molecule has 8 nitrogen and oxygen atoms in total. The number of furan rings is 1. The smallest absolute Gasteiger partial charge is 0.371 e. The number of hydrogen-bond donors (Lipinski definition) is 2. The average molecular weight is 356 g/mol. The monoisotopic (exact) mass is 356 g/mol. The van der Waals surface area contributed by atoms with Crippen molar-refractivity contribution in [2.45, 2.75) is 43.7 Å². The van der Waals surface area contributed by atoms with E-state index < -0.39 is 32.9 Å². The lowest BCUT2D eigenvalue weighted by Crippen LogP contribution is -2.46. The average Bonchev–Trinajstić information content (AvgIpc) is 3.01. The van der Waals surface area contributed by atoms with Crippen molar-refractivity contribution in [3.8, 4) is 0 Å². The third-order valence-corrected chi connectivity index (χ3v) is 6.44. The Labute approximate surface area is 139 Å². The maximum atomic E-state index is 12.7. The predicted molar refractivity (Wildman–Crippen MR) is 82.9 cm³/mol. The van der Waals surface area contributed by atoms with Gasteiger partial charge in [0.1, 0.15) is 6.04 Å². The van der Waals surface area contributed by atoms with Crippen molar-refractivity contribution in [3.05, 3.63) is 17.9 Å². The molecule has 1 aliphatic heterocycles. The molecule has 0 spiro atoms. The van der Waals surface area contributed by atoms with Crippen LogP contribution in [0.3, 0.4) is 0 Å². The molecular weight excluding hydrogens is 336 g/mol. The van der Waals surface area contributed by atoms with E-state index in [1.165, 1.54) is 0 Å². The molecule has 0 bridgehead atoms. The Kier molecular flexibility index (Phi) is 4.16. The minimum atomic E-state index is -4.04. The Hall–Kier alpha value is -1.87. The van der Waals surface area contributed by atoms with Crippen LogP contribution in [0.5, 0.6) is 0 Å². The van der Waals surface area contributed by atoms with Crippen molar-refractivity contribution < 1.29 is 27.5 Å². The van der Waals surface area contributed by atoms with Crippen molar-refractivity contribution in [2.24, 2.45) is 5.41 Å². The summed E-state index contributed by atoms with van der Waals surface area (Å²) in [6, 6.07) is 1.42. The molecule has 9 heteroatoms. The molecule has 1 aromatic heterocycles. The molecule has 1 aliphatic carbocycles. The summed E-state index contributed by atoms with van der Waals surface area (Å²) in [4.78, 5) is 23.2. The van der Waals surface area contributed by atoms with E-state index in [9.17, 15) is 18.0 Å². The van der Waals surface area contributed by atoms with Crippen molar-refractivity contribution in [1.29, 1.82) is 0 Å². The quantitative estimate of drug-likeness (QED) is 0.787. The highest BCUT2D eigenvalue weighted by molar-refractivity contribution is 7.89. The van der Waals surface area contributed by atoms with Crippen LogP contribution < -0.4 is 5.32 Å². The molecule has 2 aliphatic rings. The molecule has 1 saturated carbocycles. The molecule has 132 valence electrons. The van der Waals surface area contributed by atoms with Crippen LogP contribution in [0.25, 0.3) is 0 Å². The number of carbonyl (C=O) groups excluding carboxylic acids is 1. The van der Waals surface area contributed by atoms with Gasteiger partial charge in [0.15, 0.2) is 0 Å². The van der Waals surface area contributed by atoms with E-state index in [-0.39, 0.29) is 17.9 Å². The fourth-order valence-corrected chi connectivity index (χ4v) is 4.36. The fraction of sp³-hybridized carbons (Fsp3) is 0.600. The lowest BCUT2D eigenvalue weighted by molar-refractivity contribution is -0.124. The molecule has 0 aromatic carbocycles. The Morgan fingerprint density at radius 2 is 2.12 bits per heavy atom. The molecule has 1 aromatic rings. The van der Waals surface area contributed by atoms with E-state index in [2.05, 4.69) is 12.2 Å². The van der Waals surface area contributed by atoms with Gasteiger partial charge in [-0.25, -0.2) is 13.2 Å². The molecule has 1 unspecified atom stereocenters. The van der Waals surface area contributed by atoms with Crippen LogP contribution >= 0.6 is 0 Å². The number of nitrogens with zero attached hydrogens (tertiary/aromatic N) is 1. The number of amides is 1. The highest BCUT2D eigenvalue weighted by Gasteiger charge is 2.43.